The minimum Gasteiger partial charge on any atom is -0.337 e. The molecule has 0 aromatic heterocycles. The van der Waals surface area contributed by atoms with Crippen LogP contribution in [0.1, 0.15) is 45.4 Å². The molecule has 1 saturated carbocycles. The van der Waals surface area contributed by atoms with Crippen LogP contribution in [0, 0.1) is 5.92 Å². The van der Waals surface area contributed by atoms with Crippen molar-refractivity contribution in [1.82, 2.24) is 16.0 Å². The van der Waals surface area contributed by atoms with Gasteiger partial charge in [-0.15, -0.1) is 0 Å². The van der Waals surface area contributed by atoms with E-state index in [4.69, 9.17) is 0 Å². The third-order valence-corrected chi connectivity index (χ3v) is 4.10. The maximum atomic E-state index is 11.7. The third-order valence-electron chi connectivity index (χ3n) is 4.10. The molecule has 4 nitrogen and oxygen atoms in total. The molecular formula is C13H25N3O. The molecule has 0 radical (unpaired) electrons. The Morgan fingerprint density at radius 3 is 2.71 bits per heavy atom. The Morgan fingerprint density at radius 1 is 1.24 bits per heavy atom. The summed E-state index contributed by atoms with van der Waals surface area (Å²) in [5.74, 6) is 0.663. The van der Waals surface area contributed by atoms with Crippen LogP contribution in [0.25, 0.3) is 0 Å². The monoisotopic (exact) mass is 239 g/mol. The standard InChI is InChI=1S/C13H25N3O/c1-10-5-4-8-14-12(10)9-15-13(17)16-11-6-2-3-7-11/h10-12,14H,2-9H2,1H3,(H2,15,16,17). The Labute approximate surface area is 104 Å². The van der Waals surface area contributed by atoms with E-state index in [0.29, 0.717) is 18.0 Å². The second-order valence-corrected chi connectivity index (χ2v) is 5.52. The number of carbonyl (C=O) groups excluding carboxylic acids is 1. The Morgan fingerprint density at radius 2 is 2.00 bits per heavy atom. The van der Waals surface area contributed by atoms with Crippen molar-refractivity contribution < 1.29 is 4.79 Å². The zero-order valence-electron chi connectivity index (χ0n) is 10.8. The maximum absolute atomic E-state index is 11.7. The van der Waals surface area contributed by atoms with Crippen LogP contribution in [-0.2, 0) is 0 Å². The lowest BCUT2D eigenvalue weighted by Crippen LogP contribution is -2.50. The highest BCUT2D eigenvalue weighted by molar-refractivity contribution is 5.74. The number of piperidine rings is 1. The van der Waals surface area contributed by atoms with Crippen molar-refractivity contribution in [3.05, 3.63) is 0 Å². The number of hydrogen-bond donors (Lipinski definition) is 3. The fraction of sp³-hybridized carbons (Fsp3) is 0.923. The maximum Gasteiger partial charge on any atom is 0.315 e. The second-order valence-electron chi connectivity index (χ2n) is 5.52. The van der Waals surface area contributed by atoms with Gasteiger partial charge < -0.3 is 16.0 Å². The van der Waals surface area contributed by atoms with Crippen molar-refractivity contribution in [1.29, 1.82) is 0 Å². The van der Waals surface area contributed by atoms with E-state index in [1.807, 2.05) is 0 Å². The molecule has 0 spiro atoms. The van der Waals surface area contributed by atoms with Gasteiger partial charge in [0, 0.05) is 18.6 Å². The van der Waals surface area contributed by atoms with Crippen LogP contribution in [0.4, 0.5) is 4.79 Å². The number of carbonyl (C=O) groups is 1. The summed E-state index contributed by atoms with van der Waals surface area (Å²) >= 11 is 0. The predicted octanol–water partition coefficient (Wildman–Crippen LogP) is 1.62. The number of urea groups is 1. The molecule has 2 amide bonds. The van der Waals surface area contributed by atoms with Crippen molar-refractivity contribution in [3.8, 4) is 0 Å². The van der Waals surface area contributed by atoms with E-state index in [1.165, 1.54) is 25.7 Å². The van der Waals surface area contributed by atoms with Crippen molar-refractivity contribution in [3.63, 3.8) is 0 Å². The molecular weight excluding hydrogens is 214 g/mol. The predicted molar refractivity (Wildman–Crippen MR) is 69.0 cm³/mol. The Hall–Kier alpha value is -0.770. The largest absolute Gasteiger partial charge is 0.337 e. The molecule has 4 heteroatoms. The summed E-state index contributed by atoms with van der Waals surface area (Å²) in [5.41, 5.74) is 0. The molecule has 98 valence electrons. The van der Waals surface area contributed by atoms with Gasteiger partial charge in [0.15, 0.2) is 0 Å². The highest BCUT2D eigenvalue weighted by Gasteiger charge is 2.22. The first-order valence-electron chi connectivity index (χ1n) is 7.03. The van der Waals surface area contributed by atoms with Crippen LogP contribution in [0.2, 0.25) is 0 Å². The first-order chi connectivity index (χ1) is 8.25. The average Bonchev–Trinajstić information content (AvgIpc) is 2.81. The lowest BCUT2D eigenvalue weighted by molar-refractivity contribution is 0.230. The molecule has 1 heterocycles. The fourth-order valence-electron chi connectivity index (χ4n) is 2.90. The summed E-state index contributed by atoms with van der Waals surface area (Å²) in [6.07, 6.45) is 7.32. The topological polar surface area (TPSA) is 53.2 Å². The van der Waals surface area contributed by atoms with Crippen LogP contribution >= 0.6 is 0 Å². The minimum atomic E-state index is 0.0106. The average molecular weight is 239 g/mol. The van der Waals surface area contributed by atoms with Crippen molar-refractivity contribution in [2.75, 3.05) is 13.1 Å². The molecule has 2 unspecified atom stereocenters. The molecule has 3 N–H and O–H groups in total. The normalized spacial score (nSPS) is 30.2. The zero-order valence-corrected chi connectivity index (χ0v) is 10.8. The summed E-state index contributed by atoms with van der Waals surface area (Å²) in [6.45, 7) is 4.09. The molecule has 0 bridgehead atoms. The van der Waals surface area contributed by atoms with Gasteiger partial charge in [0.25, 0.3) is 0 Å². The Kier molecular flexibility index (Phi) is 4.66. The first kappa shape index (κ1) is 12.7. The summed E-state index contributed by atoms with van der Waals surface area (Å²) in [4.78, 5) is 11.7. The molecule has 2 rings (SSSR count). The van der Waals surface area contributed by atoms with E-state index in [1.54, 1.807) is 0 Å². The van der Waals surface area contributed by atoms with Crippen LogP contribution in [0.3, 0.4) is 0 Å². The van der Waals surface area contributed by atoms with Gasteiger partial charge in [-0.05, 0) is 38.1 Å². The lowest BCUT2D eigenvalue weighted by Gasteiger charge is -2.30. The molecule has 2 aliphatic rings. The SMILES string of the molecule is CC1CCCNC1CNC(=O)NC1CCCC1. The van der Waals surface area contributed by atoms with E-state index in [2.05, 4.69) is 22.9 Å². The molecule has 1 aliphatic heterocycles. The summed E-state index contributed by atoms with van der Waals surface area (Å²) in [7, 11) is 0. The zero-order chi connectivity index (χ0) is 12.1. The van der Waals surface area contributed by atoms with Crippen molar-refractivity contribution in [2.45, 2.75) is 57.5 Å². The first-order valence-corrected chi connectivity index (χ1v) is 7.03. The second kappa shape index (κ2) is 6.24. The van der Waals surface area contributed by atoms with E-state index in [0.717, 1.165) is 25.9 Å². The molecule has 2 atom stereocenters. The van der Waals surface area contributed by atoms with Gasteiger partial charge in [0.2, 0.25) is 0 Å². The molecule has 0 aromatic rings. The Bertz CT molecular complexity index is 251. The van der Waals surface area contributed by atoms with Gasteiger partial charge in [0.1, 0.15) is 0 Å². The van der Waals surface area contributed by atoms with Gasteiger partial charge in [-0.3, -0.25) is 0 Å². The van der Waals surface area contributed by atoms with Gasteiger partial charge in [-0.2, -0.15) is 0 Å². The van der Waals surface area contributed by atoms with Crippen LogP contribution < -0.4 is 16.0 Å². The highest BCUT2D eigenvalue weighted by Crippen LogP contribution is 2.17. The summed E-state index contributed by atoms with van der Waals surface area (Å²) in [5, 5.41) is 9.53. The molecule has 1 aliphatic carbocycles. The summed E-state index contributed by atoms with van der Waals surface area (Å²) < 4.78 is 0. The highest BCUT2D eigenvalue weighted by atomic mass is 16.2. The fourth-order valence-corrected chi connectivity index (χ4v) is 2.90. The molecule has 0 aromatic carbocycles. The quantitative estimate of drug-likeness (QED) is 0.701. The van der Waals surface area contributed by atoms with Crippen LogP contribution in [-0.4, -0.2) is 31.2 Å². The third kappa shape index (κ3) is 3.87. The number of nitrogens with one attached hydrogen (secondary N) is 3. The van der Waals surface area contributed by atoms with Gasteiger partial charge in [-0.25, -0.2) is 4.79 Å². The van der Waals surface area contributed by atoms with Crippen LogP contribution in [0.5, 0.6) is 0 Å². The Balaban J connectivity index is 1.64. The number of hydrogen-bond acceptors (Lipinski definition) is 2. The minimum absolute atomic E-state index is 0.0106. The van der Waals surface area contributed by atoms with Crippen molar-refractivity contribution in [2.24, 2.45) is 5.92 Å². The summed E-state index contributed by atoms with van der Waals surface area (Å²) in [6, 6.07) is 0.862. The van der Waals surface area contributed by atoms with E-state index < -0.39 is 0 Å². The van der Waals surface area contributed by atoms with E-state index in [9.17, 15) is 4.79 Å². The number of rotatable bonds is 3. The van der Waals surface area contributed by atoms with E-state index >= 15 is 0 Å². The number of amides is 2. The van der Waals surface area contributed by atoms with Gasteiger partial charge >= 0.3 is 6.03 Å². The lowest BCUT2D eigenvalue weighted by atomic mass is 9.93. The molecule has 17 heavy (non-hydrogen) atoms. The van der Waals surface area contributed by atoms with E-state index in [-0.39, 0.29) is 6.03 Å². The van der Waals surface area contributed by atoms with Crippen molar-refractivity contribution >= 4 is 6.03 Å². The molecule has 2 fully saturated rings. The van der Waals surface area contributed by atoms with Gasteiger partial charge in [0.05, 0.1) is 0 Å². The van der Waals surface area contributed by atoms with Crippen LogP contribution in [0.15, 0.2) is 0 Å². The smallest absolute Gasteiger partial charge is 0.315 e. The molecule has 1 saturated heterocycles. The van der Waals surface area contributed by atoms with Gasteiger partial charge in [-0.1, -0.05) is 19.8 Å².